The van der Waals surface area contributed by atoms with Gasteiger partial charge in [-0.05, 0) is 25.0 Å². The van der Waals surface area contributed by atoms with Gasteiger partial charge in [0.2, 0.25) is 0 Å². The summed E-state index contributed by atoms with van der Waals surface area (Å²) in [5.41, 5.74) is 1.53. The molecule has 146 valence electrons. The summed E-state index contributed by atoms with van der Waals surface area (Å²) in [7, 11) is 0. The van der Waals surface area contributed by atoms with Crippen molar-refractivity contribution in [3.05, 3.63) is 46.2 Å². The molecule has 3 rings (SSSR count). The van der Waals surface area contributed by atoms with Crippen LogP contribution in [0.2, 0.25) is 5.15 Å². The number of amides is 1. The lowest BCUT2D eigenvalue weighted by atomic mass is 10.0. The van der Waals surface area contributed by atoms with Crippen molar-refractivity contribution in [1.29, 1.82) is 0 Å². The molecule has 0 saturated heterocycles. The quantitative estimate of drug-likeness (QED) is 0.814. The van der Waals surface area contributed by atoms with E-state index in [1.165, 1.54) is 6.07 Å². The average molecular weight is 401 g/mol. The molecule has 0 fully saturated rings. The minimum absolute atomic E-state index is 0.196. The van der Waals surface area contributed by atoms with Crippen LogP contribution in [0.4, 0.5) is 18.9 Å². The summed E-state index contributed by atoms with van der Waals surface area (Å²) in [6.45, 7) is 4.79. The molecule has 0 unspecified atom stereocenters. The Bertz CT molecular complexity index is 863. The SMILES string of the molecule is Cc1nn(CC(C)C)c(Cl)c1[C@H]1Nc2ccccc2C(=O)N1CC(F)(F)F. The number of anilines is 1. The maximum absolute atomic E-state index is 13.2. The van der Waals surface area contributed by atoms with Crippen LogP contribution in [-0.4, -0.2) is 33.3 Å². The van der Waals surface area contributed by atoms with Gasteiger partial charge in [-0.15, -0.1) is 0 Å². The minimum Gasteiger partial charge on any atom is -0.361 e. The van der Waals surface area contributed by atoms with Crippen molar-refractivity contribution in [3.63, 3.8) is 0 Å². The predicted octanol–water partition coefficient (Wildman–Crippen LogP) is 4.63. The van der Waals surface area contributed by atoms with Crippen LogP contribution in [0.1, 0.15) is 41.6 Å². The lowest BCUT2D eigenvalue weighted by Crippen LogP contribution is -2.47. The molecule has 1 atom stereocenters. The predicted molar refractivity (Wildman–Crippen MR) is 96.7 cm³/mol. The van der Waals surface area contributed by atoms with Crippen molar-refractivity contribution in [3.8, 4) is 0 Å². The van der Waals surface area contributed by atoms with Crippen LogP contribution >= 0.6 is 11.6 Å². The summed E-state index contributed by atoms with van der Waals surface area (Å²) in [5.74, 6) is -0.443. The zero-order chi connectivity index (χ0) is 19.9. The standard InChI is InChI=1S/C18H20ClF3N4O/c1-10(2)8-26-15(19)14(11(3)24-26)16-23-13-7-5-4-6-12(13)17(27)25(16)9-18(20,21)22/h4-7,10,16,23H,8-9H2,1-3H3/t16-/m0/s1. The zero-order valence-electron chi connectivity index (χ0n) is 15.1. The monoisotopic (exact) mass is 400 g/mol. The number of carbonyl (C=O) groups excluding carboxylic acids is 1. The topological polar surface area (TPSA) is 50.2 Å². The number of fused-ring (bicyclic) bond motifs is 1. The van der Waals surface area contributed by atoms with Crippen LogP contribution in [-0.2, 0) is 6.54 Å². The molecular formula is C18H20ClF3N4O. The fraction of sp³-hybridized carbons (Fsp3) is 0.444. The number of hydrogen-bond acceptors (Lipinski definition) is 3. The first-order valence-corrected chi connectivity index (χ1v) is 8.92. The number of nitrogens with one attached hydrogen (secondary N) is 1. The van der Waals surface area contributed by atoms with E-state index in [0.29, 0.717) is 23.5 Å². The van der Waals surface area contributed by atoms with Crippen LogP contribution in [0.3, 0.4) is 0 Å². The molecule has 1 N–H and O–H groups in total. The third kappa shape index (κ3) is 3.90. The Morgan fingerprint density at radius 3 is 2.59 bits per heavy atom. The molecule has 27 heavy (non-hydrogen) atoms. The Balaban J connectivity index is 2.09. The van der Waals surface area contributed by atoms with Crippen LogP contribution in [0, 0.1) is 12.8 Å². The normalized spacial score (nSPS) is 17.3. The molecule has 2 aromatic rings. The number of para-hydroxylation sites is 1. The Morgan fingerprint density at radius 1 is 1.30 bits per heavy atom. The van der Waals surface area contributed by atoms with E-state index in [-0.39, 0.29) is 16.6 Å². The fourth-order valence-corrected chi connectivity index (χ4v) is 3.57. The number of aromatic nitrogens is 2. The zero-order valence-corrected chi connectivity index (χ0v) is 15.9. The molecule has 0 spiro atoms. The van der Waals surface area contributed by atoms with Crippen molar-refractivity contribution >= 4 is 23.2 Å². The van der Waals surface area contributed by atoms with Crippen LogP contribution < -0.4 is 5.32 Å². The van der Waals surface area contributed by atoms with E-state index in [2.05, 4.69) is 10.4 Å². The Morgan fingerprint density at radius 2 is 1.96 bits per heavy atom. The Hall–Kier alpha value is -2.22. The molecule has 2 heterocycles. The van der Waals surface area contributed by atoms with Crippen molar-refractivity contribution in [2.45, 2.75) is 39.7 Å². The second-order valence-electron chi connectivity index (χ2n) is 7.01. The van der Waals surface area contributed by atoms with Gasteiger partial charge in [0.25, 0.3) is 5.91 Å². The first-order valence-electron chi connectivity index (χ1n) is 8.54. The van der Waals surface area contributed by atoms with Crippen molar-refractivity contribution in [1.82, 2.24) is 14.7 Å². The number of nitrogens with zero attached hydrogens (tertiary/aromatic N) is 3. The van der Waals surface area contributed by atoms with Gasteiger partial charge in [0.05, 0.1) is 16.8 Å². The molecule has 1 aromatic heterocycles. The van der Waals surface area contributed by atoms with E-state index in [1.54, 1.807) is 29.8 Å². The van der Waals surface area contributed by atoms with Gasteiger partial charge in [-0.25, -0.2) is 0 Å². The van der Waals surface area contributed by atoms with Gasteiger partial charge in [-0.3, -0.25) is 9.48 Å². The molecular weight excluding hydrogens is 381 g/mol. The summed E-state index contributed by atoms with van der Waals surface area (Å²) >= 11 is 6.46. The molecule has 1 aliphatic heterocycles. The number of hydrogen-bond donors (Lipinski definition) is 1. The number of halogens is 4. The van der Waals surface area contributed by atoms with E-state index in [0.717, 1.165) is 4.90 Å². The maximum Gasteiger partial charge on any atom is 0.406 e. The highest BCUT2D eigenvalue weighted by Gasteiger charge is 2.42. The molecule has 0 saturated carbocycles. The summed E-state index contributed by atoms with van der Waals surface area (Å²) < 4.78 is 41.1. The third-order valence-electron chi connectivity index (χ3n) is 4.29. The third-order valence-corrected chi connectivity index (χ3v) is 4.69. The van der Waals surface area contributed by atoms with E-state index in [9.17, 15) is 18.0 Å². The molecule has 5 nitrogen and oxygen atoms in total. The average Bonchev–Trinajstić information content (AvgIpc) is 2.82. The van der Waals surface area contributed by atoms with E-state index in [1.807, 2.05) is 13.8 Å². The molecule has 1 aromatic carbocycles. The highest BCUT2D eigenvalue weighted by Crippen LogP contribution is 2.38. The number of carbonyl (C=O) groups is 1. The highest BCUT2D eigenvalue weighted by atomic mass is 35.5. The van der Waals surface area contributed by atoms with Gasteiger partial charge in [-0.1, -0.05) is 37.6 Å². The largest absolute Gasteiger partial charge is 0.406 e. The highest BCUT2D eigenvalue weighted by molar-refractivity contribution is 6.30. The van der Waals surface area contributed by atoms with E-state index < -0.39 is 24.8 Å². The van der Waals surface area contributed by atoms with Crippen LogP contribution in [0.25, 0.3) is 0 Å². The van der Waals surface area contributed by atoms with E-state index in [4.69, 9.17) is 11.6 Å². The lowest BCUT2D eigenvalue weighted by molar-refractivity contribution is -0.144. The first-order chi connectivity index (χ1) is 12.6. The first kappa shape index (κ1) is 19.5. The summed E-state index contributed by atoms with van der Waals surface area (Å²) in [4.78, 5) is 13.6. The van der Waals surface area contributed by atoms with Crippen molar-refractivity contribution < 1.29 is 18.0 Å². The van der Waals surface area contributed by atoms with Crippen molar-refractivity contribution in [2.75, 3.05) is 11.9 Å². The molecule has 0 aliphatic carbocycles. The number of alkyl halides is 3. The van der Waals surface area contributed by atoms with Gasteiger partial charge >= 0.3 is 6.18 Å². The van der Waals surface area contributed by atoms with E-state index >= 15 is 0 Å². The van der Waals surface area contributed by atoms with Gasteiger partial charge < -0.3 is 10.2 Å². The number of benzene rings is 1. The van der Waals surface area contributed by atoms with Gasteiger partial charge in [0, 0.05) is 12.2 Å². The number of aryl methyl sites for hydroxylation is 1. The second-order valence-corrected chi connectivity index (χ2v) is 7.36. The van der Waals surface area contributed by atoms with Crippen LogP contribution in [0.15, 0.2) is 24.3 Å². The Labute approximate surface area is 160 Å². The van der Waals surface area contributed by atoms with Gasteiger partial charge in [-0.2, -0.15) is 18.3 Å². The molecule has 0 radical (unpaired) electrons. The fourth-order valence-electron chi connectivity index (χ4n) is 3.22. The summed E-state index contributed by atoms with van der Waals surface area (Å²) in [6.07, 6.45) is -5.60. The molecule has 9 heteroatoms. The summed E-state index contributed by atoms with van der Waals surface area (Å²) in [6, 6.07) is 6.49. The minimum atomic E-state index is -4.55. The van der Waals surface area contributed by atoms with Crippen LogP contribution in [0.5, 0.6) is 0 Å². The van der Waals surface area contributed by atoms with Gasteiger partial charge in [0.15, 0.2) is 0 Å². The number of rotatable bonds is 4. The maximum atomic E-state index is 13.2. The summed E-state index contributed by atoms with van der Waals surface area (Å²) in [5, 5.41) is 7.63. The van der Waals surface area contributed by atoms with Gasteiger partial charge in [0.1, 0.15) is 17.9 Å². The van der Waals surface area contributed by atoms with Crippen molar-refractivity contribution in [2.24, 2.45) is 5.92 Å². The smallest absolute Gasteiger partial charge is 0.361 e. The Kier molecular flexibility index (Phi) is 5.12. The lowest BCUT2D eigenvalue weighted by Gasteiger charge is -2.38. The molecule has 1 aliphatic rings. The molecule has 1 amide bonds. The second kappa shape index (κ2) is 7.07. The molecule has 0 bridgehead atoms.